The zero-order chi connectivity index (χ0) is 14.4. The SMILES string of the molecule is CC(C)=C([Si])OC=CC(C)c1ccccc1C(C)C. The van der Waals surface area contributed by atoms with E-state index in [1.165, 1.54) is 11.1 Å². The van der Waals surface area contributed by atoms with Crippen LogP contribution in [-0.2, 0) is 4.74 Å². The van der Waals surface area contributed by atoms with Crippen LogP contribution in [0.5, 0.6) is 0 Å². The Hall–Kier alpha value is -1.28. The number of hydrogen-bond acceptors (Lipinski definition) is 1. The molecule has 0 aromatic heterocycles. The molecule has 3 radical (unpaired) electrons. The Morgan fingerprint density at radius 1 is 1.11 bits per heavy atom. The summed E-state index contributed by atoms with van der Waals surface area (Å²) in [5.41, 5.74) is 3.89. The van der Waals surface area contributed by atoms with Crippen LogP contribution in [0, 0.1) is 0 Å². The summed E-state index contributed by atoms with van der Waals surface area (Å²) >= 11 is 0. The monoisotopic (exact) mass is 271 g/mol. The predicted molar refractivity (Wildman–Crippen MR) is 83.3 cm³/mol. The first-order valence-electron chi connectivity index (χ1n) is 6.74. The zero-order valence-corrected chi connectivity index (χ0v) is 13.5. The molecule has 1 unspecified atom stereocenters. The van der Waals surface area contributed by atoms with E-state index in [1.54, 1.807) is 6.26 Å². The highest BCUT2D eigenvalue weighted by Gasteiger charge is 2.09. The summed E-state index contributed by atoms with van der Waals surface area (Å²) in [6, 6.07) is 8.60. The summed E-state index contributed by atoms with van der Waals surface area (Å²) in [6.07, 6.45) is 3.85. The molecular weight excluding hydrogens is 248 g/mol. The van der Waals surface area contributed by atoms with E-state index >= 15 is 0 Å². The summed E-state index contributed by atoms with van der Waals surface area (Å²) in [5, 5.41) is 0.778. The second kappa shape index (κ2) is 7.34. The summed E-state index contributed by atoms with van der Waals surface area (Å²) in [7, 11) is 3.44. The zero-order valence-electron chi connectivity index (χ0n) is 12.5. The molecule has 0 aliphatic carbocycles. The molecule has 2 heteroatoms. The number of rotatable bonds is 5. The van der Waals surface area contributed by atoms with Gasteiger partial charge in [0.15, 0.2) is 0 Å². The maximum atomic E-state index is 5.51. The van der Waals surface area contributed by atoms with Gasteiger partial charge in [-0.05, 0) is 42.5 Å². The Kier molecular flexibility index (Phi) is 6.09. The highest BCUT2D eigenvalue weighted by molar-refractivity contribution is 6.20. The topological polar surface area (TPSA) is 9.23 Å². The fourth-order valence-corrected chi connectivity index (χ4v) is 1.97. The van der Waals surface area contributed by atoms with Crippen molar-refractivity contribution in [3.05, 3.63) is 58.7 Å². The molecular formula is C17H23OSi. The van der Waals surface area contributed by atoms with Gasteiger partial charge in [-0.2, -0.15) is 0 Å². The summed E-state index contributed by atoms with van der Waals surface area (Å²) in [4.78, 5) is 0. The van der Waals surface area contributed by atoms with Gasteiger partial charge in [0.2, 0.25) is 0 Å². The van der Waals surface area contributed by atoms with Crippen LogP contribution in [0.3, 0.4) is 0 Å². The normalized spacial score (nSPS) is 12.8. The molecule has 1 aromatic rings. The van der Waals surface area contributed by atoms with Crippen LogP contribution in [0.4, 0.5) is 0 Å². The maximum absolute atomic E-state index is 5.51. The van der Waals surface area contributed by atoms with Gasteiger partial charge < -0.3 is 4.74 Å². The molecule has 0 saturated carbocycles. The molecule has 0 aliphatic heterocycles. The van der Waals surface area contributed by atoms with Crippen molar-refractivity contribution >= 4 is 10.2 Å². The van der Waals surface area contributed by atoms with Crippen molar-refractivity contribution in [1.29, 1.82) is 0 Å². The largest absolute Gasteiger partial charge is 0.476 e. The van der Waals surface area contributed by atoms with Gasteiger partial charge in [-0.15, -0.1) is 0 Å². The lowest BCUT2D eigenvalue weighted by molar-refractivity contribution is 0.377. The van der Waals surface area contributed by atoms with Gasteiger partial charge in [-0.25, -0.2) is 0 Å². The molecule has 0 fully saturated rings. The standard InChI is InChI=1S/C17H23OSi/c1-12(2)15-8-6-7-9-16(15)14(5)10-11-18-17(19)13(3)4/h6-12,14H,1-5H3. The van der Waals surface area contributed by atoms with Crippen molar-refractivity contribution in [2.24, 2.45) is 0 Å². The minimum Gasteiger partial charge on any atom is -0.476 e. The average Bonchev–Trinajstić information content (AvgIpc) is 2.38. The molecule has 0 aliphatic rings. The molecule has 0 bridgehead atoms. The van der Waals surface area contributed by atoms with Crippen molar-refractivity contribution in [1.82, 2.24) is 0 Å². The quantitative estimate of drug-likeness (QED) is 0.549. The van der Waals surface area contributed by atoms with E-state index in [0.717, 1.165) is 11.0 Å². The van der Waals surface area contributed by atoms with Crippen LogP contribution < -0.4 is 0 Å². The van der Waals surface area contributed by atoms with Crippen LogP contribution in [0.1, 0.15) is 57.6 Å². The van der Waals surface area contributed by atoms with Gasteiger partial charge in [0.25, 0.3) is 0 Å². The minimum atomic E-state index is 0.343. The lowest BCUT2D eigenvalue weighted by Gasteiger charge is -2.16. The Labute approximate surface area is 120 Å². The van der Waals surface area contributed by atoms with E-state index in [0.29, 0.717) is 11.8 Å². The molecule has 0 saturated heterocycles. The second-order valence-electron chi connectivity index (χ2n) is 5.35. The number of allylic oxidation sites excluding steroid dienone is 2. The third-order valence-corrected chi connectivity index (χ3v) is 3.73. The third-order valence-electron chi connectivity index (χ3n) is 3.12. The summed E-state index contributed by atoms with van der Waals surface area (Å²) in [5.74, 6) is 0.882. The first kappa shape index (κ1) is 15.8. The number of ether oxygens (including phenoxy) is 1. The fraction of sp³-hybridized carbons (Fsp3) is 0.412. The van der Waals surface area contributed by atoms with Crippen LogP contribution >= 0.6 is 0 Å². The van der Waals surface area contributed by atoms with Crippen molar-refractivity contribution < 1.29 is 4.74 Å². The smallest absolute Gasteiger partial charge is 0.126 e. The summed E-state index contributed by atoms with van der Waals surface area (Å²) in [6.45, 7) is 10.7. The van der Waals surface area contributed by atoms with Crippen LogP contribution in [0.15, 0.2) is 47.6 Å². The van der Waals surface area contributed by atoms with E-state index in [4.69, 9.17) is 4.74 Å². The van der Waals surface area contributed by atoms with E-state index in [-0.39, 0.29) is 0 Å². The van der Waals surface area contributed by atoms with Crippen LogP contribution in [0.2, 0.25) is 0 Å². The molecule has 101 valence electrons. The first-order valence-corrected chi connectivity index (χ1v) is 7.24. The summed E-state index contributed by atoms with van der Waals surface area (Å²) < 4.78 is 5.51. The molecule has 0 N–H and O–H groups in total. The molecule has 1 aromatic carbocycles. The molecule has 0 heterocycles. The van der Waals surface area contributed by atoms with Gasteiger partial charge in [-0.3, -0.25) is 0 Å². The van der Waals surface area contributed by atoms with Crippen molar-refractivity contribution in [3.63, 3.8) is 0 Å². The van der Waals surface area contributed by atoms with Gasteiger partial charge in [0.05, 0.1) is 11.6 Å². The fourth-order valence-electron chi connectivity index (χ4n) is 1.90. The van der Waals surface area contributed by atoms with Gasteiger partial charge >= 0.3 is 0 Å². The molecule has 0 spiro atoms. The van der Waals surface area contributed by atoms with Gasteiger partial charge in [0, 0.05) is 5.92 Å². The molecule has 1 atom stereocenters. The molecule has 0 amide bonds. The molecule has 1 rings (SSSR count). The molecule has 19 heavy (non-hydrogen) atoms. The third kappa shape index (κ3) is 4.71. The number of hydrogen-bond donors (Lipinski definition) is 0. The van der Waals surface area contributed by atoms with E-state index in [9.17, 15) is 0 Å². The minimum absolute atomic E-state index is 0.343. The van der Waals surface area contributed by atoms with Gasteiger partial charge in [0.1, 0.15) is 10.2 Å². The Bertz CT molecular complexity index is 468. The van der Waals surface area contributed by atoms with E-state index < -0.39 is 0 Å². The average molecular weight is 271 g/mol. The van der Waals surface area contributed by atoms with Crippen LogP contribution in [0.25, 0.3) is 0 Å². The van der Waals surface area contributed by atoms with Crippen molar-refractivity contribution in [3.8, 4) is 0 Å². The second-order valence-corrected chi connectivity index (χ2v) is 5.80. The van der Waals surface area contributed by atoms with E-state index in [2.05, 4.69) is 61.4 Å². The predicted octanol–water partition coefficient (Wildman–Crippen LogP) is 4.86. The van der Waals surface area contributed by atoms with E-state index in [1.807, 2.05) is 13.8 Å². The van der Waals surface area contributed by atoms with Crippen LogP contribution in [-0.4, -0.2) is 10.2 Å². The lowest BCUT2D eigenvalue weighted by atomic mass is 9.90. The Morgan fingerprint density at radius 3 is 2.21 bits per heavy atom. The Morgan fingerprint density at radius 2 is 1.68 bits per heavy atom. The first-order chi connectivity index (χ1) is 8.93. The van der Waals surface area contributed by atoms with Crippen molar-refractivity contribution in [2.45, 2.75) is 46.5 Å². The highest BCUT2D eigenvalue weighted by Crippen LogP contribution is 2.26. The van der Waals surface area contributed by atoms with Crippen molar-refractivity contribution in [2.75, 3.05) is 0 Å². The Balaban J connectivity index is 2.82. The lowest BCUT2D eigenvalue weighted by Crippen LogP contribution is -1.99. The highest BCUT2D eigenvalue weighted by atomic mass is 28.1. The number of benzene rings is 1. The maximum Gasteiger partial charge on any atom is 0.126 e. The van der Waals surface area contributed by atoms with Gasteiger partial charge in [-0.1, -0.05) is 45.0 Å². The molecule has 1 nitrogen and oxygen atoms in total.